The lowest BCUT2D eigenvalue weighted by Gasteiger charge is -2.20. The van der Waals surface area contributed by atoms with E-state index in [2.05, 4.69) is 17.6 Å². The first kappa shape index (κ1) is 28.1. The van der Waals surface area contributed by atoms with Crippen molar-refractivity contribution in [2.24, 2.45) is 5.92 Å². The first-order chi connectivity index (χ1) is 14.3. The van der Waals surface area contributed by atoms with Gasteiger partial charge in [-0.15, -0.1) is 0 Å². The maximum Gasteiger partial charge on any atom is 0.322 e. The normalized spacial score (nSPS) is 11.9. The SMILES string of the molecule is CCCCCCCCCCCCCCC(=O)C(=O)NC(C(=O)NCC(=O)O)C(C)C. The molecule has 1 unspecified atom stereocenters. The van der Waals surface area contributed by atoms with Crippen molar-refractivity contribution < 1.29 is 24.3 Å². The van der Waals surface area contributed by atoms with Crippen LogP contribution >= 0.6 is 0 Å². The molecule has 0 fully saturated rings. The van der Waals surface area contributed by atoms with Crippen LogP contribution in [-0.4, -0.2) is 41.3 Å². The number of carboxylic acids is 1. The molecule has 1 atom stereocenters. The molecule has 0 saturated carbocycles. The zero-order chi connectivity index (χ0) is 22.8. The van der Waals surface area contributed by atoms with Crippen molar-refractivity contribution >= 4 is 23.6 Å². The molecular formula is C23H42N2O5. The fourth-order valence-corrected chi connectivity index (χ4v) is 3.27. The summed E-state index contributed by atoms with van der Waals surface area (Å²) in [5, 5.41) is 13.3. The summed E-state index contributed by atoms with van der Waals surface area (Å²) in [6.45, 7) is 5.15. The van der Waals surface area contributed by atoms with Crippen LogP contribution in [0, 0.1) is 5.92 Å². The third-order valence-electron chi connectivity index (χ3n) is 5.16. The fourth-order valence-electron chi connectivity index (χ4n) is 3.27. The average Bonchev–Trinajstić information content (AvgIpc) is 2.70. The zero-order valence-corrected chi connectivity index (χ0v) is 19.1. The predicted molar refractivity (Wildman–Crippen MR) is 118 cm³/mol. The Labute approximate surface area is 181 Å². The third-order valence-corrected chi connectivity index (χ3v) is 5.16. The van der Waals surface area contributed by atoms with Crippen LogP contribution in [0.15, 0.2) is 0 Å². The number of rotatable bonds is 19. The lowest BCUT2D eigenvalue weighted by molar-refractivity contribution is -0.141. The average molecular weight is 427 g/mol. The second-order valence-electron chi connectivity index (χ2n) is 8.37. The Bertz CT molecular complexity index is 520. The number of unbranched alkanes of at least 4 members (excludes halogenated alkanes) is 11. The van der Waals surface area contributed by atoms with Crippen molar-refractivity contribution in [3.8, 4) is 0 Å². The van der Waals surface area contributed by atoms with Crippen molar-refractivity contribution in [3.63, 3.8) is 0 Å². The molecule has 0 rings (SSSR count). The molecule has 0 aromatic carbocycles. The Kier molecular flexibility index (Phi) is 16.8. The maximum absolute atomic E-state index is 12.1. The quantitative estimate of drug-likeness (QED) is 0.213. The van der Waals surface area contributed by atoms with Crippen molar-refractivity contribution in [2.75, 3.05) is 6.54 Å². The molecule has 0 heterocycles. The van der Waals surface area contributed by atoms with Crippen LogP contribution in [0.1, 0.15) is 104 Å². The second-order valence-corrected chi connectivity index (χ2v) is 8.37. The molecule has 0 saturated heterocycles. The van der Waals surface area contributed by atoms with Gasteiger partial charge in [0.25, 0.3) is 5.91 Å². The van der Waals surface area contributed by atoms with E-state index in [0.29, 0.717) is 6.42 Å². The maximum atomic E-state index is 12.1. The van der Waals surface area contributed by atoms with Gasteiger partial charge in [0.2, 0.25) is 11.7 Å². The van der Waals surface area contributed by atoms with Crippen molar-refractivity contribution in [3.05, 3.63) is 0 Å². The van der Waals surface area contributed by atoms with Gasteiger partial charge in [-0.3, -0.25) is 19.2 Å². The monoisotopic (exact) mass is 426 g/mol. The van der Waals surface area contributed by atoms with E-state index in [1.807, 2.05) is 0 Å². The molecule has 30 heavy (non-hydrogen) atoms. The molecule has 0 radical (unpaired) electrons. The van der Waals surface area contributed by atoms with Crippen LogP contribution in [0.3, 0.4) is 0 Å². The van der Waals surface area contributed by atoms with E-state index in [9.17, 15) is 19.2 Å². The fraction of sp³-hybridized carbons (Fsp3) is 0.826. The second kappa shape index (κ2) is 17.9. The molecule has 2 amide bonds. The smallest absolute Gasteiger partial charge is 0.322 e. The lowest BCUT2D eigenvalue weighted by atomic mass is 10.0. The first-order valence-electron chi connectivity index (χ1n) is 11.6. The standard InChI is InChI=1S/C23H42N2O5/c1-4-5-6-7-8-9-10-11-12-13-14-15-16-19(26)22(29)25-21(18(2)3)23(30)24-17-20(27)28/h18,21H,4-17H2,1-3H3,(H,24,30)(H,25,29)(H,27,28). The Balaban J connectivity index is 3.90. The summed E-state index contributed by atoms with van der Waals surface area (Å²) >= 11 is 0. The molecule has 7 nitrogen and oxygen atoms in total. The highest BCUT2D eigenvalue weighted by atomic mass is 16.4. The van der Waals surface area contributed by atoms with E-state index in [-0.39, 0.29) is 12.3 Å². The minimum Gasteiger partial charge on any atom is -0.480 e. The lowest BCUT2D eigenvalue weighted by Crippen LogP contribution is -2.52. The number of carbonyl (C=O) groups excluding carboxylic acids is 3. The summed E-state index contributed by atoms with van der Waals surface area (Å²) in [5.74, 6) is -3.33. The third kappa shape index (κ3) is 15.0. The summed E-state index contributed by atoms with van der Waals surface area (Å²) < 4.78 is 0. The predicted octanol–water partition coefficient (Wildman–Crippen LogP) is 3.99. The number of carboxylic acid groups (broad SMARTS) is 1. The Morgan fingerprint density at radius 2 is 1.23 bits per heavy atom. The molecule has 0 aromatic rings. The van der Waals surface area contributed by atoms with Crippen molar-refractivity contribution in [2.45, 2.75) is 110 Å². The number of Topliss-reactive ketones (excluding diaryl/α,β-unsaturated/α-hetero) is 1. The number of amides is 2. The molecule has 7 heteroatoms. The van der Waals surface area contributed by atoms with Crippen LogP contribution in [0.5, 0.6) is 0 Å². The van der Waals surface area contributed by atoms with E-state index < -0.39 is 36.2 Å². The number of hydrogen-bond donors (Lipinski definition) is 3. The number of ketones is 1. The van der Waals surface area contributed by atoms with Crippen molar-refractivity contribution in [1.82, 2.24) is 10.6 Å². The zero-order valence-electron chi connectivity index (χ0n) is 19.1. The van der Waals surface area contributed by atoms with Crippen LogP contribution in [0.25, 0.3) is 0 Å². The first-order valence-corrected chi connectivity index (χ1v) is 11.6. The van der Waals surface area contributed by atoms with Gasteiger partial charge in [-0.05, 0) is 12.3 Å². The summed E-state index contributed by atoms with van der Waals surface area (Å²) in [4.78, 5) is 46.7. The minimum absolute atomic E-state index is 0.171. The number of aliphatic carboxylic acids is 1. The van der Waals surface area contributed by atoms with E-state index in [1.165, 1.54) is 51.4 Å². The highest BCUT2D eigenvalue weighted by Gasteiger charge is 2.26. The van der Waals surface area contributed by atoms with E-state index >= 15 is 0 Å². The van der Waals surface area contributed by atoms with Gasteiger partial charge in [0.05, 0.1) is 0 Å². The van der Waals surface area contributed by atoms with Crippen LogP contribution < -0.4 is 10.6 Å². The van der Waals surface area contributed by atoms with Gasteiger partial charge in [0, 0.05) is 6.42 Å². The van der Waals surface area contributed by atoms with Gasteiger partial charge in [0.1, 0.15) is 12.6 Å². The number of hydrogen-bond acceptors (Lipinski definition) is 4. The summed E-state index contributed by atoms with van der Waals surface area (Å²) in [5.41, 5.74) is 0. The molecule has 0 spiro atoms. The highest BCUT2D eigenvalue weighted by Crippen LogP contribution is 2.12. The summed E-state index contributed by atoms with van der Waals surface area (Å²) in [6.07, 6.45) is 14.4. The van der Waals surface area contributed by atoms with Crippen LogP contribution in [-0.2, 0) is 19.2 Å². The van der Waals surface area contributed by atoms with Crippen molar-refractivity contribution in [1.29, 1.82) is 0 Å². The number of nitrogens with one attached hydrogen (secondary N) is 2. The van der Waals surface area contributed by atoms with Gasteiger partial charge in [-0.25, -0.2) is 0 Å². The van der Waals surface area contributed by atoms with E-state index in [0.717, 1.165) is 19.3 Å². The largest absolute Gasteiger partial charge is 0.480 e. The molecule has 0 aliphatic carbocycles. The van der Waals surface area contributed by atoms with Crippen LogP contribution in [0.4, 0.5) is 0 Å². The Morgan fingerprint density at radius 1 is 0.767 bits per heavy atom. The van der Waals surface area contributed by atoms with Gasteiger partial charge < -0.3 is 15.7 Å². The highest BCUT2D eigenvalue weighted by molar-refractivity contribution is 6.36. The Hall–Kier alpha value is -1.92. The van der Waals surface area contributed by atoms with E-state index in [1.54, 1.807) is 13.8 Å². The molecule has 174 valence electrons. The minimum atomic E-state index is -1.17. The molecule has 3 N–H and O–H groups in total. The summed E-state index contributed by atoms with van der Waals surface area (Å²) in [6, 6.07) is -0.928. The van der Waals surface area contributed by atoms with Gasteiger partial charge in [-0.2, -0.15) is 0 Å². The van der Waals surface area contributed by atoms with Gasteiger partial charge in [-0.1, -0.05) is 91.4 Å². The molecule has 0 aromatic heterocycles. The molecule has 0 aliphatic heterocycles. The molecule has 0 bridgehead atoms. The number of carbonyl (C=O) groups is 4. The van der Waals surface area contributed by atoms with Gasteiger partial charge >= 0.3 is 5.97 Å². The topological polar surface area (TPSA) is 113 Å². The van der Waals surface area contributed by atoms with Crippen LogP contribution in [0.2, 0.25) is 0 Å². The van der Waals surface area contributed by atoms with Gasteiger partial charge in [0.15, 0.2) is 0 Å². The summed E-state index contributed by atoms with van der Waals surface area (Å²) in [7, 11) is 0. The molecule has 0 aliphatic rings. The molecular weight excluding hydrogens is 384 g/mol. The Morgan fingerprint density at radius 3 is 1.67 bits per heavy atom. The van der Waals surface area contributed by atoms with E-state index in [4.69, 9.17) is 5.11 Å².